The molecule has 0 unspecified atom stereocenters. The third-order valence-corrected chi connectivity index (χ3v) is 4.82. The van der Waals surface area contributed by atoms with Crippen molar-refractivity contribution >= 4 is 17.5 Å². The van der Waals surface area contributed by atoms with Crippen LogP contribution in [0.5, 0.6) is 5.75 Å². The highest BCUT2D eigenvalue weighted by Gasteiger charge is 2.22. The number of hydrogen-bond donors (Lipinski definition) is 0. The molecule has 0 spiro atoms. The van der Waals surface area contributed by atoms with Crippen LogP contribution in [0.1, 0.15) is 28.1 Å². The summed E-state index contributed by atoms with van der Waals surface area (Å²) >= 11 is 0. The number of benzene rings is 2. The molecule has 3 aromatic rings. The molecule has 0 N–H and O–H groups in total. The second-order valence-corrected chi connectivity index (χ2v) is 6.53. The number of ketones is 1. The molecule has 0 fully saturated rings. The Morgan fingerprint density at radius 2 is 1.86 bits per heavy atom. The van der Waals surface area contributed by atoms with Gasteiger partial charge in [0, 0.05) is 28.8 Å². The van der Waals surface area contributed by atoms with E-state index in [2.05, 4.69) is 0 Å². The number of furan rings is 1. The van der Waals surface area contributed by atoms with E-state index < -0.39 is 4.92 Å². The van der Waals surface area contributed by atoms with Crippen LogP contribution in [0.25, 0.3) is 17.4 Å². The normalized spacial score (nSPS) is 14.8. The number of hydrogen-bond acceptors (Lipinski definition) is 5. The first-order valence-corrected chi connectivity index (χ1v) is 8.82. The summed E-state index contributed by atoms with van der Waals surface area (Å²) in [6.45, 7) is 0. The van der Waals surface area contributed by atoms with E-state index in [1.165, 1.54) is 12.1 Å². The molecule has 2 aromatic carbocycles. The van der Waals surface area contributed by atoms with Gasteiger partial charge >= 0.3 is 0 Å². The van der Waals surface area contributed by atoms with Crippen molar-refractivity contribution in [3.05, 3.63) is 87.2 Å². The van der Waals surface area contributed by atoms with Crippen molar-refractivity contribution in [2.24, 2.45) is 0 Å². The van der Waals surface area contributed by atoms with Crippen LogP contribution < -0.4 is 4.74 Å². The number of ether oxygens (including phenoxy) is 1. The van der Waals surface area contributed by atoms with Crippen molar-refractivity contribution in [3.8, 4) is 17.1 Å². The summed E-state index contributed by atoms with van der Waals surface area (Å²) in [5.74, 6) is 1.92. The Kier molecular flexibility index (Phi) is 4.53. The number of nitro groups is 1. The monoisotopic (exact) mass is 375 g/mol. The number of allylic oxidation sites excluding steroid dienone is 1. The molecule has 4 rings (SSSR count). The van der Waals surface area contributed by atoms with E-state index in [1.54, 1.807) is 49.6 Å². The average Bonchev–Trinajstić information content (AvgIpc) is 3.18. The number of nitro benzene ring substituents is 1. The Hall–Kier alpha value is -3.67. The van der Waals surface area contributed by atoms with Gasteiger partial charge in [-0.1, -0.05) is 0 Å². The van der Waals surface area contributed by atoms with Crippen LogP contribution >= 0.6 is 0 Å². The highest BCUT2D eigenvalue weighted by Crippen LogP contribution is 2.31. The molecule has 6 nitrogen and oxygen atoms in total. The predicted molar refractivity (Wildman–Crippen MR) is 104 cm³/mol. The molecular formula is C22H17NO5. The van der Waals surface area contributed by atoms with E-state index in [0.717, 1.165) is 23.3 Å². The standard InChI is InChI=1S/C22H17NO5/c1-27-18-8-10-20-15(12-18)2-3-16(22(20)24)13-19-9-11-21(28-19)14-4-6-17(7-5-14)23(25)26/h4-13H,2-3H2,1H3/b16-13+. The van der Waals surface area contributed by atoms with E-state index in [4.69, 9.17) is 9.15 Å². The Morgan fingerprint density at radius 3 is 2.57 bits per heavy atom. The van der Waals surface area contributed by atoms with Gasteiger partial charge in [-0.2, -0.15) is 0 Å². The van der Waals surface area contributed by atoms with Crippen LogP contribution in [0.4, 0.5) is 5.69 Å². The molecule has 0 saturated carbocycles. The van der Waals surface area contributed by atoms with Crippen molar-refractivity contribution in [1.82, 2.24) is 0 Å². The van der Waals surface area contributed by atoms with Gasteiger partial charge in [0.2, 0.25) is 0 Å². The fourth-order valence-corrected chi connectivity index (χ4v) is 3.32. The van der Waals surface area contributed by atoms with Crippen LogP contribution in [0.15, 0.2) is 64.6 Å². The lowest BCUT2D eigenvalue weighted by molar-refractivity contribution is -0.384. The molecule has 0 bridgehead atoms. The van der Waals surface area contributed by atoms with E-state index in [0.29, 0.717) is 29.1 Å². The fourth-order valence-electron chi connectivity index (χ4n) is 3.32. The minimum absolute atomic E-state index is 0.00260. The molecule has 6 heteroatoms. The van der Waals surface area contributed by atoms with E-state index in [1.807, 2.05) is 6.07 Å². The zero-order valence-corrected chi connectivity index (χ0v) is 15.2. The number of methoxy groups -OCH3 is 1. The molecule has 0 aliphatic heterocycles. The largest absolute Gasteiger partial charge is 0.497 e. The third-order valence-electron chi connectivity index (χ3n) is 4.82. The highest BCUT2D eigenvalue weighted by molar-refractivity contribution is 6.13. The fraction of sp³-hybridized carbons (Fsp3) is 0.136. The smallest absolute Gasteiger partial charge is 0.269 e. The van der Waals surface area contributed by atoms with Gasteiger partial charge in [0.25, 0.3) is 5.69 Å². The molecule has 0 saturated heterocycles. The summed E-state index contributed by atoms with van der Waals surface area (Å²) < 4.78 is 11.1. The minimum Gasteiger partial charge on any atom is -0.497 e. The first-order valence-electron chi connectivity index (χ1n) is 8.82. The van der Waals surface area contributed by atoms with Crippen molar-refractivity contribution in [2.45, 2.75) is 12.8 Å². The number of fused-ring (bicyclic) bond motifs is 1. The Bertz CT molecular complexity index is 1090. The predicted octanol–water partition coefficient (Wildman–Crippen LogP) is 5.08. The SMILES string of the molecule is COc1ccc2c(c1)CC/C(=C\c1ccc(-c3ccc([N+](=O)[O-])cc3)o1)C2=O. The molecule has 140 valence electrons. The number of non-ortho nitro benzene ring substituents is 1. The first-order chi connectivity index (χ1) is 13.5. The van der Waals surface area contributed by atoms with Crippen molar-refractivity contribution in [2.75, 3.05) is 7.11 Å². The summed E-state index contributed by atoms with van der Waals surface area (Å²) in [6, 6.07) is 15.2. The second-order valence-electron chi connectivity index (χ2n) is 6.53. The van der Waals surface area contributed by atoms with Gasteiger partial charge < -0.3 is 9.15 Å². The van der Waals surface area contributed by atoms with Crippen LogP contribution in [0, 0.1) is 10.1 Å². The van der Waals surface area contributed by atoms with Crippen LogP contribution in [-0.2, 0) is 6.42 Å². The molecule has 0 radical (unpaired) electrons. The maximum absolute atomic E-state index is 12.8. The van der Waals surface area contributed by atoms with Crippen molar-refractivity contribution in [3.63, 3.8) is 0 Å². The first kappa shape index (κ1) is 17.7. The second kappa shape index (κ2) is 7.15. The van der Waals surface area contributed by atoms with Gasteiger partial charge in [-0.25, -0.2) is 0 Å². The number of carbonyl (C=O) groups excluding carboxylic acids is 1. The summed E-state index contributed by atoms with van der Waals surface area (Å²) in [7, 11) is 1.61. The zero-order valence-electron chi connectivity index (χ0n) is 15.2. The van der Waals surface area contributed by atoms with E-state index in [9.17, 15) is 14.9 Å². The Labute approximate surface area is 161 Å². The molecule has 28 heavy (non-hydrogen) atoms. The number of Topliss-reactive ketones (excluding diaryl/α,β-unsaturated/α-hetero) is 1. The topological polar surface area (TPSA) is 82.6 Å². The molecule has 1 aliphatic rings. The Balaban J connectivity index is 1.58. The molecule has 1 aliphatic carbocycles. The zero-order chi connectivity index (χ0) is 19.7. The van der Waals surface area contributed by atoms with Crippen molar-refractivity contribution in [1.29, 1.82) is 0 Å². The number of aryl methyl sites for hydroxylation is 1. The van der Waals surface area contributed by atoms with E-state index >= 15 is 0 Å². The maximum atomic E-state index is 12.8. The molecule has 0 atom stereocenters. The summed E-state index contributed by atoms with van der Waals surface area (Å²) in [5.41, 5.74) is 3.15. The summed E-state index contributed by atoms with van der Waals surface area (Å²) in [4.78, 5) is 23.1. The maximum Gasteiger partial charge on any atom is 0.269 e. The van der Waals surface area contributed by atoms with Gasteiger partial charge in [0.15, 0.2) is 5.78 Å². The summed E-state index contributed by atoms with van der Waals surface area (Å²) in [5, 5.41) is 10.8. The average molecular weight is 375 g/mol. The van der Waals surface area contributed by atoms with Crippen LogP contribution in [0.3, 0.4) is 0 Å². The molecule has 0 amide bonds. The van der Waals surface area contributed by atoms with Gasteiger partial charge in [0.05, 0.1) is 12.0 Å². The quantitative estimate of drug-likeness (QED) is 0.361. The van der Waals surface area contributed by atoms with Gasteiger partial charge in [-0.3, -0.25) is 14.9 Å². The van der Waals surface area contributed by atoms with Crippen molar-refractivity contribution < 1.29 is 18.9 Å². The molecular weight excluding hydrogens is 358 g/mol. The number of rotatable bonds is 4. The summed E-state index contributed by atoms with van der Waals surface area (Å²) in [6.07, 6.45) is 3.16. The number of carbonyl (C=O) groups is 1. The Morgan fingerprint density at radius 1 is 1.07 bits per heavy atom. The van der Waals surface area contributed by atoms with Crippen LogP contribution in [-0.4, -0.2) is 17.8 Å². The lowest BCUT2D eigenvalue weighted by atomic mass is 9.86. The number of nitrogens with zero attached hydrogens (tertiary/aromatic N) is 1. The molecule has 1 heterocycles. The lowest BCUT2D eigenvalue weighted by Crippen LogP contribution is -2.14. The minimum atomic E-state index is -0.441. The van der Waals surface area contributed by atoms with Gasteiger partial charge in [0.1, 0.15) is 17.3 Å². The van der Waals surface area contributed by atoms with E-state index in [-0.39, 0.29) is 11.5 Å². The van der Waals surface area contributed by atoms with Crippen LogP contribution in [0.2, 0.25) is 0 Å². The van der Waals surface area contributed by atoms with Gasteiger partial charge in [-0.15, -0.1) is 0 Å². The lowest BCUT2D eigenvalue weighted by Gasteiger charge is -2.17. The highest BCUT2D eigenvalue weighted by atomic mass is 16.6. The molecule has 1 aromatic heterocycles. The van der Waals surface area contributed by atoms with Gasteiger partial charge in [-0.05, 0) is 66.9 Å². The third kappa shape index (κ3) is 3.32.